The number of amides is 1. The number of hydrogen-bond acceptors (Lipinski definition) is 5. The Morgan fingerprint density at radius 2 is 1.82 bits per heavy atom. The van der Waals surface area contributed by atoms with Crippen molar-refractivity contribution < 1.29 is 4.79 Å². The van der Waals surface area contributed by atoms with Crippen molar-refractivity contribution in [3.8, 4) is 5.95 Å². The van der Waals surface area contributed by atoms with Gasteiger partial charge in [-0.2, -0.15) is 5.10 Å². The second-order valence-corrected chi connectivity index (χ2v) is 6.94. The van der Waals surface area contributed by atoms with Crippen molar-refractivity contribution in [2.45, 2.75) is 19.3 Å². The van der Waals surface area contributed by atoms with E-state index in [0.29, 0.717) is 12.4 Å². The molecule has 0 radical (unpaired) electrons. The number of hydrogen-bond donors (Lipinski definition) is 1. The molecular formula is C21H24N6O. The Balaban J connectivity index is 1.66. The molecule has 144 valence electrons. The standard InChI is InChI=1S/C21H24N6O/c1-16-19(15-25-27(16)21-23-8-5-9-24-21)18(17-6-3-2-4-7-17)14-20(28)26-12-10-22-11-13-26/h2-9,15,18,22H,10-14H2,1H3. The van der Waals surface area contributed by atoms with E-state index in [2.05, 4.69) is 32.5 Å². The Labute approximate surface area is 164 Å². The molecule has 1 saturated heterocycles. The fourth-order valence-electron chi connectivity index (χ4n) is 3.68. The lowest BCUT2D eigenvalue weighted by molar-refractivity contribution is -0.132. The van der Waals surface area contributed by atoms with Crippen LogP contribution in [0.3, 0.4) is 0 Å². The molecule has 1 fully saturated rings. The highest BCUT2D eigenvalue weighted by Crippen LogP contribution is 2.31. The molecule has 1 aromatic carbocycles. The molecule has 0 spiro atoms. The molecule has 1 aliphatic heterocycles. The van der Waals surface area contributed by atoms with Crippen molar-refractivity contribution in [2.24, 2.45) is 0 Å². The fraction of sp³-hybridized carbons (Fsp3) is 0.333. The zero-order valence-electron chi connectivity index (χ0n) is 16.0. The van der Waals surface area contributed by atoms with Gasteiger partial charge in [0.25, 0.3) is 5.95 Å². The zero-order chi connectivity index (χ0) is 19.3. The third kappa shape index (κ3) is 3.80. The summed E-state index contributed by atoms with van der Waals surface area (Å²) < 4.78 is 1.74. The first kappa shape index (κ1) is 18.3. The fourth-order valence-corrected chi connectivity index (χ4v) is 3.68. The third-order valence-electron chi connectivity index (χ3n) is 5.22. The minimum atomic E-state index is -0.0546. The van der Waals surface area contributed by atoms with Crippen LogP contribution in [0.5, 0.6) is 0 Å². The van der Waals surface area contributed by atoms with Gasteiger partial charge in [-0.25, -0.2) is 14.6 Å². The first-order chi connectivity index (χ1) is 13.7. The van der Waals surface area contributed by atoms with Gasteiger partial charge in [0.1, 0.15) is 0 Å². The molecule has 1 amide bonds. The molecule has 3 heterocycles. The number of carbonyl (C=O) groups excluding carboxylic acids is 1. The Morgan fingerprint density at radius 3 is 2.54 bits per heavy atom. The van der Waals surface area contributed by atoms with Gasteiger partial charge in [-0.05, 0) is 18.6 Å². The smallest absolute Gasteiger partial charge is 0.250 e. The van der Waals surface area contributed by atoms with Gasteiger partial charge in [0.2, 0.25) is 5.91 Å². The molecule has 7 heteroatoms. The van der Waals surface area contributed by atoms with Crippen LogP contribution < -0.4 is 5.32 Å². The Bertz CT molecular complexity index is 919. The number of benzene rings is 1. The first-order valence-corrected chi connectivity index (χ1v) is 9.59. The molecule has 1 aliphatic rings. The van der Waals surface area contributed by atoms with E-state index in [9.17, 15) is 4.79 Å². The normalized spacial score (nSPS) is 15.4. The summed E-state index contributed by atoms with van der Waals surface area (Å²) >= 11 is 0. The molecule has 1 unspecified atom stereocenters. The summed E-state index contributed by atoms with van der Waals surface area (Å²) in [7, 11) is 0. The highest BCUT2D eigenvalue weighted by molar-refractivity contribution is 5.78. The Hall–Kier alpha value is -3.06. The van der Waals surface area contributed by atoms with Gasteiger partial charge in [-0.3, -0.25) is 4.79 Å². The molecule has 7 nitrogen and oxygen atoms in total. The monoisotopic (exact) mass is 376 g/mol. The number of nitrogens with one attached hydrogen (secondary N) is 1. The van der Waals surface area contributed by atoms with E-state index in [1.807, 2.05) is 36.2 Å². The summed E-state index contributed by atoms with van der Waals surface area (Å²) in [5.41, 5.74) is 3.10. The van der Waals surface area contributed by atoms with Crippen LogP contribution in [-0.4, -0.2) is 56.7 Å². The quantitative estimate of drug-likeness (QED) is 0.736. The van der Waals surface area contributed by atoms with E-state index < -0.39 is 0 Å². The molecule has 0 saturated carbocycles. The van der Waals surface area contributed by atoms with E-state index in [0.717, 1.165) is 43.0 Å². The average molecular weight is 376 g/mol. The van der Waals surface area contributed by atoms with Crippen LogP contribution in [0.1, 0.15) is 29.2 Å². The van der Waals surface area contributed by atoms with Gasteiger partial charge in [0.05, 0.1) is 6.20 Å². The summed E-state index contributed by atoms with van der Waals surface area (Å²) in [5, 5.41) is 7.80. The average Bonchev–Trinajstić information content (AvgIpc) is 3.15. The van der Waals surface area contributed by atoms with E-state index in [4.69, 9.17) is 0 Å². The first-order valence-electron chi connectivity index (χ1n) is 9.59. The van der Waals surface area contributed by atoms with E-state index in [1.165, 1.54) is 0 Å². The van der Waals surface area contributed by atoms with Crippen LogP contribution in [-0.2, 0) is 4.79 Å². The summed E-state index contributed by atoms with van der Waals surface area (Å²) in [4.78, 5) is 23.5. The molecule has 2 aromatic heterocycles. The maximum absolute atomic E-state index is 13.0. The topological polar surface area (TPSA) is 75.9 Å². The number of nitrogens with zero attached hydrogens (tertiary/aromatic N) is 5. The number of piperazine rings is 1. The lowest BCUT2D eigenvalue weighted by Crippen LogP contribution is -2.46. The number of carbonyl (C=O) groups is 1. The lowest BCUT2D eigenvalue weighted by Gasteiger charge is -2.29. The van der Waals surface area contributed by atoms with Crippen molar-refractivity contribution in [1.29, 1.82) is 0 Å². The SMILES string of the molecule is Cc1c(C(CC(=O)N2CCNCC2)c2ccccc2)cnn1-c1ncccn1. The molecule has 1 N–H and O–H groups in total. The number of aromatic nitrogens is 4. The van der Waals surface area contributed by atoms with Gasteiger partial charge < -0.3 is 10.2 Å². The highest BCUT2D eigenvalue weighted by Gasteiger charge is 2.26. The van der Waals surface area contributed by atoms with Crippen molar-refractivity contribution in [2.75, 3.05) is 26.2 Å². The second-order valence-electron chi connectivity index (χ2n) is 6.94. The van der Waals surface area contributed by atoms with Crippen LogP contribution in [0.2, 0.25) is 0 Å². The highest BCUT2D eigenvalue weighted by atomic mass is 16.2. The van der Waals surface area contributed by atoms with Crippen LogP contribution in [0.15, 0.2) is 55.0 Å². The third-order valence-corrected chi connectivity index (χ3v) is 5.22. The molecule has 28 heavy (non-hydrogen) atoms. The molecule has 0 bridgehead atoms. The van der Waals surface area contributed by atoms with E-state index >= 15 is 0 Å². The van der Waals surface area contributed by atoms with E-state index in [-0.39, 0.29) is 11.8 Å². The maximum atomic E-state index is 13.0. The molecule has 3 aromatic rings. The summed E-state index contributed by atoms with van der Waals surface area (Å²) in [6.45, 7) is 5.23. The zero-order valence-corrected chi connectivity index (χ0v) is 16.0. The van der Waals surface area contributed by atoms with Gasteiger partial charge in [-0.15, -0.1) is 0 Å². The molecule has 1 atom stereocenters. The van der Waals surface area contributed by atoms with Crippen LogP contribution in [0.25, 0.3) is 5.95 Å². The minimum Gasteiger partial charge on any atom is -0.340 e. The molecular weight excluding hydrogens is 352 g/mol. The van der Waals surface area contributed by atoms with Crippen LogP contribution >= 0.6 is 0 Å². The summed E-state index contributed by atoms with van der Waals surface area (Å²) in [6, 6.07) is 11.9. The predicted octanol–water partition coefficient (Wildman–Crippen LogP) is 1.92. The van der Waals surface area contributed by atoms with E-state index in [1.54, 1.807) is 23.1 Å². The predicted molar refractivity (Wildman–Crippen MR) is 106 cm³/mol. The Morgan fingerprint density at radius 1 is 1.11 bits per heavy atom. The van der Waals surface area contributed by atoms with Crippen LogP contribution in [0.4, 0.5) is 0 Å². The van der Waals surface area contributed by atoms with Gasteiger partial charge >= 0.3 is 0 Å². The van der Waals surface area contributed by atoms with Crippen LogP contribution in [0, 0.1) is 6.92 Å². The lowest BCUT2D eigenvalue weighted by atomic mass is 9.88. The van der Waals surface area contributed by atoms with Crippen molar-refractivity contribution >= 4 is 5.91 Å². The molecule has 4 rings (SSSR count). The number of rotatable bonds is 5. The molecule has 0 aliphatic carbocycles. The summed E-state index contributed by atoms with van der Waals surface area (Å²) in [6.07, 6.45) is 5.66. The largest absolute Gasteiger partial charge is 0.340 e. The van der Waals surface area contributed by atoms with Crippen molar-refractivity contribution in [1.82, 2.24) is 30.0 Å². The van der Waals surface area contributed by atoms with Crippen molar-refractivity contribution in [3.63, 3.8) is 0 Å². The van der Waals surface area contributed by atoms with Gasteiger partial charge in [0, 0.05) is 62.2 Å². The maximum Gasteiger partial charge on any atom is 0.250 e. The summed E-state index contributed by atoms with van der Waals surface area (Å²) in [5.74, 6) is 0.658. The Kier molecular flexibility index (Phi) is 5.43. The second kappa shape index (κ2) is 8.31. The minimum absolute atomic E-state index is 0.0546. The van der Waals surface area contributed by atoms with Crippen molar-refractivity contribution in [3.05, 3.63) is 71.8 Å². The van der Waals surface area contributed by atoms with Gasteiger partial charge in [-0.1, -0.05) is 30.3 Å². The van der Waals surface area contributed by atoms with Gasteiger partial charge in [0.15, 0.2) is 0 Å².